The number of hydrogen-bond donors (Lipinski definition) is 0. The van der Waals surface area contributed by atoms with E-state index in [9.17, 15) is 0 Å². The Kier molecular flexibility index (Phi) is 4.73. The van der Waals surface area contributed by atoms with Crippen molar-refractivity contribution in [3.05, 3.63) is 138 Å². The minimum absolute atomic E-state index is 0.125. The van der Waals surface area contributed by atoms with Gasteiger partial charge in [-0.2, -0.15) is 0 Å². The molecule has 0 saturated heterocycles. The predicted octanol–water partition coefficient (Wildman–Crippen LogP) is 10.9. The molecule has 0 aliphatic heterocycles. The lowest BCUT2D eigenvalue weighted by molar-refractivity contribution is 0.418. The molecule has 2 heterocycles. The first-order valence-electron chi connectivity index (χ1n) is 14.5. The molecule has 0 N–H and O–H groups in total. The molecule has 9 rings (SSSR count). The molecular weight excluding hydrogens is 515 g/mol. The van der Waals surface area contributed by atoms with Crippen LogP contribution in [0.4, 0.5) is 0 Å². The summed E-state index contributed by atoms with van der Waals surface area (Å²) in [6.45, 7) is 4.86. The standard InChI is InChI=1S/C39H29NS/c1-39(2)31-16-6-3-11-26(31)27-22-21-24(23-32(27)39)25-14-9-15-30-37-35(19-10-20-36(37)41-38(25)30)40-33-17-7-4-12-28(33)29-13-5-8-18-34(29)40/h3-22,32H,23H2,1-2H3. The number of hydrogen-bond acceptors (Lipinski definition) is 1. The topological polar surface area (TPSA) is 4.93 Å². The zero-order chi connectivity index (χ0) is 27.3. The van der Waals surface area contributed by atoms with Crippen molar-refractivity contribution < 1.29 is 0 Å². The molecule has 0 bridgehead atoms. The Balaban J connectivity index is 1.27. The van der Waals surface area contributed by atoms with Crippen LogP contribution in [0.15, 0.2) is 121 Å². The van der Waals surface area contributed by atoms with E-state index in [0.717, 1.165) is 6.42 Å². The molecule has 0 radical (unpaired) electrons. The zero-order valence-electron chi connectivity index (χ0n) is 23.2. The quantitative estimate of drug-likeness (QED) is 0.204. The summed E-state index contributed by atoms with van der Waals surface area (Å²) in [7, 11) is 0. The Morgan fingerprint density at radius 3 is 2.12 bits per heavy atom. The zero-order valence-corrected chi connectivity index (χ0v) is 24.0. The van der Waals surface area contributed by atoms with Crippen molar-refractivity contribution in [1.29, 1.82) is 0 Å². The third-order valence-corrected chi connectivity index (χ3v) is 10.9. The average molecular weight is 544 g/mol. The van der Waals surface area contributed by atoms with Crippen molar-refractivity contribution in [3.8, 4) is 5.69 Å². The van der Waals surface area contributed by atoms with Gasteiger partial charge in [0.05, 0.1) is 16.7 Å². The van der Waals surface area contributed by atoms with Gasteiger partial charge < -0.3 is 4.57 Å². The van der Waals surface area contributed by atoms with Crippen LogP contribution in [0.2, 0.25) is 0 Å². The third-order valence-electron chi connectivity index (χ3n) is 9.73. The number of rotatable bonds is 2. The van der Waals surface area contributed by atoms with Gasteiger partial charge in [0, 0.05) is 30.9 Å². The fourth-order valence-electron chi connectivity index (χ4n) is 7.76. The maximum Gasteiger partial charge on any atom is 0.0555 e. The maximum atomic E-state index is 2.47. The summed E-state index contributed by atoms with van der Waals surface area (Å²) in [6.07, 6.45) is 5.88. The van der Waals surface area contributed by atoms with Crippen molar-refractivity contribution in [1.82, 2.24) is 4.57 Å². The molecule has 0 saturated carbocycles. The van der Waals surface area contributed by atoms with Crippen molar-refractivity contribution in [2.24, 2.45) is 5.92 Å². The summed E-state index contributed by atoms with van der Waals surface area (Å²) < 4.78 is 5.21. The van der Waals surface area contributed by atoms with Crippen molar-refractivity contribution in [3.63, 3.8) is 0 Å². The summed E-state index contributed by atoms with van der Waals surface area (Å²) in [5, 5.41) is 5.30. The molecule has 41 heavy (non-hydrogen) atoms. The van der Waals surface area contributed by atoms with Gasteiger partial charge in [0.25, 0.3) is 0 Å². The molecule has 0 amide bonds. The monoisotopic (exact) mass is 543 g/mol. The van der Waals surface area contributed by atoms with Gasteiger partial charge >= 0.3 is 0 Å². The molecule has 196 valence electrons. The van der Waals surface area contributed by atoms with Crippen molar-refractivity contribution >= 4 is 64.5 Å². The van der Waals surface area contributed by atoms with Gasteiger partial charge in [0.1, 0.15) is 0 Å². The maximum absolute atomic E-state index is 2.47. The Labute approximate surface area is 243 Å². The van der Waals surface area contributed by atoms with E-state index in [-0.39, 0.29) is 5.41 Å². The minimum atomic E-state index is 0.125. The van der Waals surface area contributed by atoms with E-state index >= 15 is 0 Å². The predicted molar refractivity (Wildman–Crippen MR) is 177 cm³/mol. The van der Waals surface area contributed by atoms with Crippen molar-refractivity contribution in [2.45, 2.75) is 25.7 Å². The highest BCUT2D eigenvalue weighted by atomic mass is 32.1. The van der Waals surface area contributed by atoms with Gasteiger partial charge in [-0.15, -0.1) is 11.3 Å². The fraction of sp³-hybridized carbons (Fsp3) is 0.128. The molecule has 7 aromatic rings. The lowest BCUT2D eigenvalue weighted by atomic mass is 9.72. The lowest BCUT2D eigenvalue weighted by Gasteiger charge is -2.31. The van der Waals surface area contributed by atoms with Crippen molar-refractivity contribution in [2.75, 3.05) is 0 Å². The number of nitrogens with zero attached hydrogens (tertiary/aromatic N) is 1. The highest BCUT2D eigenvalue weighted by Crippen LogP contribution is 2.55. The Hall–Kier alpha value is -4.40. The molecule has 1 nitrogen and oxygen atoms in total. The van der Waals surface area contributed by atoms with Crippen LogP contribution in [0.5, 0.6) is 0 Å². The molecule has 2 heteroatoms. The number of allylic oxidation sites excluding steroid dienone is 4. The molecule has 2 aliphatic rings. The Bertz CT molecular complexity index is 2220. The van der Waals surface area contributed by atoms with Crippen LogP contribution in [0.25, 0.3) is 58.8 Å². The normalized spacial score (nSPS) is 17.7. The molecule has 1 unspecified atom stereocenters. The van der Waals surface area contributed by atoms with Gasteiger partial charge in [0.15, 0.2) is 0 Å². The highest BCUT2D eigenvalue weighted by Gasteiger charge is 2.43. The summed E-state index contributed by atoms with van der Waals surface area (Å²) >= 11 is 1.94. The molecule has 2 aliphatic carbocycles. The summed E-state index contributed by atoms with van der Waals surface area (Å²) in [5.74, 6) is 0.498. The van der Waals surface area contributed by atoms with E-state index in [4.69, 9.17) is 0 Å². The summed E-state index contributed by atoms with van der Waals surface area (Å²) in [4.78, 5) is 0. The minimum Gasteiger partial charge on any atom is -0.309 e. The van der Waals surface area contributed by atoms with E-state index in [2.05, 4.69) is 140 Å². The number of aromatic nitrogens is 1. The molecule has 0 spiro atoms. The molecule has 0 fully saturated rings. The van der Waals surface area contributed by atoms with Crippen LogP contribution in [-0.4, -0.2) is 4.57 Å². The van der Waals surface area contributed by atoms with Crippen LogP contribution < -0.4 is 0 Å². The van der Waals surface area contributed by atoms with Crippen LogP contribution >= 0.6 is 11.3 Å². The number of benzene rings is 5. The van der Waals surface area contributed by atoms with E-state index in [1.807, 2.05) is 11.3 Å². The third kappa shape index (κ3) is 3.11. The highest BCUT2D eigenvalue weighted by molar-refractivity contribution is 7.26. The SMILES string of the molecule is CC1(C)c2ccccc2C2=CC=C(c3cccc4c3sc3cccc(-n5c6ccccc6c6ccccc65)c34)CC21. The van der Waals surface area contributed by atoms with Gasteiger partial charge in [-0.1, -0.05) is 111 Å². The molecule has 2 aromatic heterocycles. The number of para-hydroxylation sites is 2. The van der Waals surface area contributed by atoms with E-state index in [1.54, 1.807) is 0 Å². The first-order chi connectivity index (χ1) is 20.1. The Morgan fingerprint density at radius 1 is 0.659 bits per heavy atom. The largest absolute Gasteiger partial charge is 0.309 e. The summed E-state index contributed by atoms with van der Waals surface area (Å²) in [5.41, 5.74) is 11.2. The van der Waals surface area contributed by atoms with E-state index in [1.165, 1.54) is 75.5 Å². The van der Waals surface area contributed by atoms with Gasteiger partial charge in [0.2, 0.25) is 0 Å². The number of thiophene rings is 1. The Morgan fingerprint density at radius 2 is 1.32 bits per heavy atom. The van der Waals surface area contributed by atoms with Crippen LogP contribution in [-0.2, 0) is 5.41 Å². The second-order valence-corrected chi connectivity index (χ2v) is 13.2. The van der Waals surface area contributed by atoms with Gasteiger partial charge in [-0.05, 0) is 69.9 Å². The van der Waals surface area contributed by atoms with Gasteiger partial charge in [-0.25, -0.2) is 0 Å². The molecular formula is C39H29NS. The van der Waals surface area contributed by atoms with Crippen LogP contribution in [0, 0.1) is 5.92 Å². The fourth-order valence-corrected chi connectivity index (χ4v) is 9.03. The molecule has 5 aromatic carbocycles. The average Bonchev–Trinajstić information content (AvgIpc) is 3.63. The van der Waals surface area contributed by atoms with Crippen LogP contribution in [0.1, 0.15) is 37.0 Å². The van der Waals surface area contributed by atoms with E-state index < -0.39 is 0 Å². The summed E-state index contributed by atoms with van der Waals surface area (Å²) in [6, 6.07) is 40.4. The first kappa shape index (κ1) is 23.3. The second kappa shape index (κ2) is 8.31. The first-order valence-corrected chi connectivity index (χ1v) is 15.4. The van der Waals surface area contributed by atoms with E-state index in [0.29, 0.717) is 5.92 Å². The van der Waals surface area contributed by atoms with Crippen LogP contribution in [0.3, 0.4) is 0 Å². The second-order valence-electron chi connectivity index (χ2n) is 12.1. The smallest absolute Gasteiger partial charge is 0.0555 e. The lowest BCUT2D eigenvalue weighted by Crippen LogP contribution is -2.24. The molecule has 1 atom stereocenters. The number of fused-ring (bicyclic) bond motifs is 9. The van der Waals surface area contributed by atoms with Gasteiger partial charge in [-0.3, -0.25) is 0 Å².